The summed E-state index contributed by atoms with van der Waals surface area (Å²) >= 11 is 3.42. The van der Waals surface area contributed by atoms with Gasteiger partial charge in [-0.3, -0.25) is 19.7 Å². The molecule has 0 bridgehead atoms. The Morgan fingerprint density at radius 1 is 1.00 bits per heavy atom. The molecule has 0 spiro atoms. The normalized spacial score (nSPS) is 14.3. The van der Waals surface area contributed by atoms with Crippen LogP contribution in [0.25, 0.3) is 6.08 Å². The second-order valence-electron chi connectivity index (χ2n) is 8.96. The summed E-state index contributed by atoms with van der Waals surface area (Å²) < 4.78 is 11.6. The highest BCUT2D eigenvalue weighted by Gasteiger charge is 2.37. The maximum Gasteiger partial charge on any atom is 0.335 e. The molecule has 1 heterocycles. The van der Waals surface area contributed by atoms with Gasteiger partial charge in [0.15, 0.2) is 18.1 Å². The highest BCUT2D eigenvalue weighted by molar-refractivity contribution is 9.10. The molecular weight excluding hydrogens is 566 g/mol. The van der Waals surface area contributed by atoms with Crippen LogP contribution >= 0.6 is 15.9 Å². The lowest BCUT2D eigenvalue weighted by Crippen LogP contribution is -2.54. The quantitative estimate of drug-likeness (QED) is 0.293. The van der Waals surface area contributed by atoms with Gasteiger partial charge < -0.3 is 14.8 Å². The third kappa shape index (κ3) is 6.18. The molecule has 0 saturated carbocycles. The van der Waals surface area contributed by atoms with E-state index in [0.29, 0.717) is 21.4 Å². The van der Waals surface area contributed by atoms with Gasteiger partial charge >= 0.3 is 6.03 Å². The molecule has 2 N–H and O–H groups in total. The third-order valence-electron chi connectivity index (χ3n) is 6.10. The Hall–Kier alpha value is -4.44. The predicted octanol–water partition coefficient (Wildman–Crippen LogP) is 5.07. The number of barbiturate groups is 1. The molecule has 0 radical (unpaired) electrons. The number of halogens is 1. The summed E-state index contributed by atoms with van der Waals surface area (Å²) in [6.07, 6.45) is 1.36. The lowest BCUT2D eigenvalue weighted by atomic mass is 10.0. The molecule has 10 heteroatoms. The molecule has 0 unspecified atom stereocenters. The van der Waals surface area contributed by atoms with Crippen LogP contribution in [0.2, 0.25) is 0 Å². The molecular formula is C29H26BrN3O6. The number of methoxy groups -OCH3 is 1. The second kappa shape index (κ2) is 11.5. The number of carbonyl (C=O) groups is 4. The van der Waals surface area contributed by atoms with Crippen LogP contribution in [0.4, 0.5) is 16.2 Å². The van der Waals surface area contributed by atoms with Crippen LogP contribution in [0.15, 0.2) is 64.6 Å². The van der Waals surface area contributed by atoms with E-state index in [1.807, 2.05) is 32.9 Å². The minimum absolute atomic E-state index is 0.229. The zero-order chi connectivity index (χ0) is 28.3. The predicted molar refractivity (Wildman–Crippen MR) is 151 cm³/mol. The first-order chi connectivity index (χ1) is 18.6. The fraction of sp³-hybridized carbons (Fsp3) is 0.172. The fourth-order valence-electron chi connectivity index (χ4n) is 3.86. The molecule has 9 nitrogen and oxygen atoms in total. The molecule has 0 aliphatic carbocycles. The molecule has 3 aromatic rings. The van der Waals surface area contributed by atoms with E-state index in [2.05, 4.69) is 26.6 Å². The van der Waals surface area contributed by atoms with Crippen molar-refractivity contribution in [2.45, 2.75) is 20.8 Å². The number of benzene rings is 3. The first kappa shape index (κ1) is 27.6. The van der Waals surface area contributed by atoms with Crippen molar-refractivity contribution in [3.8, 4) is 11.5 Å². The van der Waals surface area contributed by atoms with Crippen molar-refractivity contribution in [2.75, 3.05) is 23.9 Å². The van der Waals surface area contributed by atoms with E-state index in [9.17, 15) is 19.2 Å². The molecule has 0 atom stereocenters. The van der Waals surface area contributed by atoms with Gasteiger partial charge in [-0.15, -0.1) is 0 Å². The second-order valence-corrected chi connectivity index (χ2v) is 9.82. The molecule has 5 amide bonds. The average Bonchev–Trinajstić information content (AvgIpc) is 2.89. The molecule has 1 aliphatic rings. The number of anilines is 2. The van der Waals surface area contributed by atoms with Crippen molar-refractivity contribution in [1.82, 2.24) is 5.32 Å². The Kier molecular flexibility index (Phi) is 8.15. The van der Waals surface area contributed by atoms with Crippen LogP contribution in [0, 0.1) is 20.8 Å². The van der Waals surface area contributed by atoms with Gasteiger partial charge in [0, 0.05) is 5.69 Å². The molecule has 1 fully saturated rings. The number of amides is 5. The topological polar surface area (TPSA) is 114 Å². The number of carbonyl (C=O) groups excluding carboxylic acids is 4. The Morgan fingerprint density at radius 3 is 2.38 bits per heavy atom. The van der Waals surface area contributed by atoms with Gasteiger partial charge in [0.1, 0.15) is 5.57 Å². The van der Waals surface area contributed by atoms with E-state index in [0.717, 1.165) is 21.6 Å². The fourth-order valence-corrected chi connectivity index (χ4v) is 4.43. The lowest BCUT2D eigenvalue weighted by Gasteiger charge is -2.27. The van der Waals surface area contributed by atoms with E-state index in [4.69, 9.17) is 9.47 Å². The van der Waals surface area contributed by atoms with Crippen LogP contribution in [0.1, 0.15) is 22.3 Å². The average molecular weight is 592 g/mol. The van der Waals surface area contributed by atoms with Crippen molar-refractivity contribution in [1.29, 1.82) is 0 Å². The summed E-state index contributed by atoms with van der Waals surface area (Å²) in [6.45, 7) is 5.46. The zero-order valence-corrected chi connectivity index (χ0v) is 23.3. The van der Waals surface area contributed by atoms with Crippen LogP contribution < -0.4 is 25.0 Å². The molecule has 4 rings (SSSR count). The van der Waals surface area contributed by atoms with E-state index in [-0.39, 0.29) is 29.6 Å². The van der Waals surface area contributed by atoms with Gasteiger partial charge in [-0.25, -0.2) is 9.69 Å². The van der Waals surface area contributed by atoms with Crippen molar-refractivity contribution in [3.05, 3.63) is 86.9 Å². The Balaban J connectivity index is 1.56. The SMILES string of the molecule is COc1cc(/C=C2\C(=O)NC(=O)N(c3ccc(C)c(C)c3)C2=O)cc(Br)c1OCC(=O)Nc1ccc(C)cc1. The number of nitrogens with one attached hydrogen (secondary N) is 2. The van der Waals surface area contributed by atoms with E-state index < -0.39 is 17.8 Å². The van der Waals surface area contributed by atoms with Gasteiger partial charge in [-0.2, -0.15) is 0 Å². The van der Waals surface area contributed by atoms with Gasteiger partial charge in [0.05, 0.1) is 17.3 Å². The van der Waals surface area contributed by atoms with Crippen LogP contribution in [-0.4, -0.2) is 37.5 Å². The number of hydrogen-bond donors (Lipinski definition) is 2. The minimum Gasteiger partial charge on any atom is -0.493 e. The highest BCUT2D eigenvalue weighted by Crippen LogP contribution is 2.37. The van der Waals surface area contributed by atoms with E-state index >= 15 is 0 Å². The Morgan fingerprint density at radius 2 is 1.72 bits per heavy atom. The number of urea groups is 1. The summed E-state index contributed by atoms with van der Waals surface area (Å²) in [5, 5.41) is 4.98. The van der Waals surface area contributed by atoms with E-state index in [1.165, 1.54) is 13.2 Å². The monoisotopic (exact) mass is 591 g/mol. The summed E-state index contributed by atoms with van der Waals surface area (Å²) in [6, 6.07) is 14.9. The maximum absolute atomic E-state index is 13.3. The third-order valence-corrected chi connectivity index (χ3v) is 6.69. The summed E-state index contributed by atoms with van der Waals surface area (Å²) in [7, 11) is 1.43. The van der Waals surface area contributed by atoms with Crippen LogP contribution in [-0.2, 0) is 14.4 Å². The molecule has 200 valence electrons. The van der Waals surface area contributed by atoms with Gasteiger partial charge in [0.25, 0.3) is 17.7 Å². The number of rotatable bonds is 7. The molecule has 0 aromatic heterocycles. The zero-order valence-electron chi connectivity index (χ0n) is 21.8. The number of aryl methyl sites for hydroxylation is 3. The van der Waals surface area contributed by atoms with Gasteiger partial charge in [-0.1, -0.05) is 23.8 Å². The number of hydrogen-bond acceptors (Lipinski definition) is 6. The van der Waals surface area contributed by atoms with Crippen molar-refractivity contribution in [3.63, 3.8) is 0 Å². The largest absolute Gasteiger partial charge is 0.493 e. The highest BCUT2D eigenvalue weighted by atomic mass is 79.9. The standard InChI is InChI=1S/C29H26BrN3O6/c1-16-5-8-20(9-6-16)31-25(34)15-39-26-23(30)13-19(14-24(26)38-4)12-22-27(35)32-29(37)33(28(22)36)21-10-7-17(2)18(3)11-21/h5-14H,15H2,1-4H3,(H,31,34)(H,32,35,37)/b22-12+. The molecule has 1 saturated heterocycles. The van der Waals surface area contributed by atoms with Crippen molar-refractivity contribution in [2.24, 2.45) is 0 Å². The molecule has 1 aliphatic heterocycles. The number of ether oxygens (including phenoxy) is 2. The lowest BCUT2D eigenvalue weighted by molar-refractivity contribution is -0.122. The molecule has 3 aromatic carbocycles. The van der Waals surface area contributed by atoms with Crippen molar-refractivity contribution < 1.29 is 28.7 Å². The summed E-state index contributed by atoms with van der Waals surface area (Å²) in [5.41, 5.74) is 4.17. The van der Waals surface area contributed by atoms with Gasteiger partial charge in [-0.05, 0) is 95.9 Å². The first-order valence-corrected chi connectivity index (χ1v) is 12.7. The summed E-state index contributed by atoms with van der Waals surface area (Å²) in [5.74, 6) is -1.39. The Labute approximate surface area is 233 Å². The number of imide groups is 2. The first-order valence-electron chi connectivity index (χ1n) is 11.9. The van der Waals surface area contributed by atoms with Gasteiger partial charge in [0.2, 0.25) is 0 Å². The van der Waals surface area contributed by atoms with E-state index in [1.54, 1.807) is 42.5 Å². The smallest absolute Gasteiger partial charge is 0.335 e. The maximum atomic E-state index is 13.3. The Bertz CT molecular complexity index is 1510. The molecule has 39 heavy (non-hydrogen) atoms. The summed E-state index contributed by atoms with van der Waals surface area (Å²) in [4.78, 5) is 51.7. The van der Waals surface area contributed by atoms with Crippen molar-refractivity contribution >= 4 is 57.1 Å². The minimum atomic E-state index is -0.822. The number of nitrogens with zero attached hydrogens (tertiary/aromatic N) is 1. The van der Waals surface area contributed by atoms with Crippen LogP contribution in [0.5, 0.6) is 11.5 Å². The van der Waals surface area contributed by atoms with Crippen LogP contribution in [0.3, 0.4) is 0 Å².